The van der Waals surface area contributed by atoms with E-state index in [1.54, 1.807) is 0 Å². The molecule has 1 heterocycles. The van der Waals surface area contributed by atoms with Crippen molar-refractivity contribution in [1.29, 1.82) is 0 Å². The van der Waals surface area contributed by atoms with Crippen LogP contribution < -0.4 is 16.0 Å². The molecule has 9 heteroatoms. The fraction of sp³-hybridized carbons (Fsp3) is 0.286. The Balaban J connectivity index is 2.36. The zero-order valence-corrected chi connectivity index (χ0v) is 12.2. The predicted octanol–water partition coefficient (Wildman–Crippen LogP) is 2.52. The Kier molecular flexibility index (Phi) is 5.35. The first-order valence-electron chi connectivity index (χ1n) is 6.59. The number of ether oxygens (including phenoxy) is 2. The van der Waals surface area contributed by atoms with E-state index in [1.165, 1.54) is 37.7 Å². The highest BCUT2D eigenvalue weighted by molar-refractivity contribution is 5.65. The number of nitrogens with two attached hydrogens (primary N) is 1. The van der Waals surface area contributed by atoms with Gasteiger partial charge in [-0.1, -0.05) is 0 Å². The number of alkyl halides is 3. The Labute approximate surface area is 130 Å². The largest absolute Gasteiger partial charge is 0.573 e. The lowest BCUT2D eigenvalue weighted by Gasteiger charge is -2.13. The molecule has 0 saturated heterocycles. The number of hydrogen-bond acceptors (Lipinski definition) is 6. The highest BCUT2D eigenvalue weighted by Crippen LogP contribution is 2.29. The molecule has 0 spiro atoms. The number of rotatable bonds is 6. The zero-order valence-electron chi connectivity index (χ0n) is 12.2. The normalized spacial score (nSPS) is 11.3. The van der Waals surface area contributed by atoms with Gasteiger partial charge in [-0.25, -0.2) is 10.8 Å². The Morgan fingerprint density at radius 1 is 1.22 bits per heavy atom. The Morgan fingerprint density at radius 2 is 2.00 bits per heavy atom. The van der Waals surface area contributed by atoms with Gasteiger partial charge in [-0.2, -0.15) is 0 Å². The molecule has 0 fully saturated rings. The monoisotopic (exact) mass is 328 g/mol. The Morgan fingerprint density at radius 3 is 2.57 bits per heavy atom. The molecule has 0 aliphatic heterocycles. The third-order valence-corrected chi connectivity index (χ3v) is 2.96. The van der Waals surface area contributed by atoms with Gasteiger partial charge >= 0.3 is 6.36 Å². The average Bonchev–Trinajstić information content (AvgIpc) is 2.52. The summed E-state index contributed by atoms with van der Waals surface area (Å²) in [6.07, 6.45) is -1.44. The van der Waals surface area contributed by atoms with Crippen molar-refractivity contribution in [3.63, 3.8) is 0 Å². The Bertz CT molecular complexity index is 647. The van der Waals surface area contributed by atoms with E-state index in [0.717, 1.165) is 0 Å². The van der Waals surface area contributed by atoms with Crippen LogP contribution in [0.5, 0.6) is 5.75 Å². The molecular formula is C14H15F3N4O2. The van der Waals surface area contributed by atoms with Crippen LogP contribution in [-0.4, -0.2) is 30.0 Å². The van der Waals surface area contributed by atoms with Crippen LogP contribution in [0.3, 0.4) is 0 Å². The third kappa shape index (κ3) is 4.80. The van der Waals surface area contributed by atoms with Gasteiger partial charge in [0, 0.05) is 12.7 Å². The summed E-state index contributed by atoms with van der Waals surface area (Å²) in [7, 11) is 1.51. The fourth-order valence-electron chi connectivity index (χ4n) is 1.98. The molecule has 0 aliphatic rings. The van der Waals surface area contributed by atoms with Gasteiger partial charge in [-0.3, -0.25) is 4.98 Å². The summed E-state index contributed by atoms with van der Waals surface area (Å²) in [6, 6.07) is 4.06. The second kappa shape index (κ2) is 7.25. The van der Waals surface area contributed by atoms with E-state index in [0.29, 0.717) is 35.7 Å². The standard InChI is InChI=1S/C14H15F3N4O2/c1-22-5-4-9-6-10(23-14(15,16)17)2-3-11(9)12-7-20-13(21-18)8-19-12/h2-3,6-8H,4-5,18H2,1H3,(H,20,21). The topological polar surface area (TPSA) is 82.3 Å². The Hall–Kier alpha value is -2.39. The van der Waals surface area contributed by atoms with E-state index < -0.39 is 6.36 Å². The van der Waals surface area contributed by atoms with Crippen LogP contribution in [0.25, 0.3) is 11.3 Å². The van der Waals surface area contributed by atoms with Gasteiger partial charge in [-0.15, -0.1) is 13.2 Å². The van der Waals surface area contributed by atoms with Crippen molar-refractivity contribution in [2.24, 2.45) is 5.84 Å². The number of nitrogens with zero attached hydrogens (tertiary/aromatic N) is 2. The van der Waals surface area contributed by atoms with Crippen LogP contribution in [-0.2, 0) is 11.2 Å². The van der Waals surface area contributed by atoms with Gasteiger partial charge in [-0.05, 0) is 30.2 Å². The summed E-state index contributed by atoms with van der Waals surface area (Å²) in [5.74, 6) is 5.31. The van der Waals surface area contributed by atoms with Gasteiger partial charge in [0.2, 0.25) is 0 Å². The van der Waals surface area contributed by atoms with Crippen LogP contribution in [0.4, 0.5) is 19.0 Å². The molecule has 124 valence electrons. The maximum Gasteiger partial charge on any atom is 0.573 e. The highest BCUT2D eigenvalue weighted by Gasteiger charge is 2.31. The molecule has 2 rings (SSSR count). The lowest BCUT2D eigenvalue weighted by atomic mass is 10.0. The maximum absolute atomic E-state index is 12.3. The molecule has 6 nitrogen and oxygen atoms in total. The first-order valence-corrected chi connectivity index (χ1v) is 6.59. The summed E-state index contributed by atoms with van der Waals surface area (Å²) in [5.41, 5.74) is 4.11. The van der Waals surface area contributed by atoms with E-state index in [9.17, 15) is 13.2 Å². The molecule has 0 aliphatic carbocycles. The van der Waals surface area contributed by atoms with Gasteiger partial charge in [0.05, 0.1) is 24.7 Å². The fourth-order valence-corrected chi connectivity index (χ4v) is 1.98. The van der Waals surface area contributed by atoms with Crippen LogP contribution in [0.15, 0.2) is 30.6 Å². The number of benzene rings is 1. The average molecular weight is 328 g/mol. The predicted molar refractivity (Wildman–Crippen MR) is 77.5 cm³/mol. The number of nitrogens with one attached hydrogen (secondary N) is 1. The second-order valence-electron chi connectivity index (χ2n) is 4.54. The second-order valence-corrected chi connectivity index (χ2v) is 4.54. The highest BCUT2D eigenvalue weighted by atomic mass is 19.4. The minimum atomic E-state index is -4.74. The maximum atomic E-state index is 12.3. The van der Waals surface area contributed by atoms with Crippen molar-refractivity contribution in [1.82, 2.24) is 9.97 Å². The van der Waals surface area contributed by atoms with Crippen molar-refractivity contribution in [3.05, 3.63) is 36.2 Å². The van der Waals surface area contributed by atoms with E-state index in [1.807, 2.05) is 0 Å². The van der Waals surface area contributed by atoms with Crippen molar-refractivity contribution < 1.29 is 22.6 Å². The SMILES string of the molecule is COCCc1cc(OC(F)(F)F)ccc1-c1cnc(NN)cn1. The van der Waals surface area contributed by atoms with E-state index in [4.69, 9.17) is 10.6 Å². The molecule has 0 amide bonds. The van der Waals surface area contributed by atoms with Gasteiger partial charge < -0.3 is 14.9 Å². The van der Waals surface area contributed by atoms with E-state index in [2.05, 4.69) is 20.1 Å². The summed E-state index contributed by atoms with van der Waals surface area (Å²) in [6.45, 7) is 0.346. The molecule has 0 bridgehead atoms. The summed E-state index contributed by atoms with van der Waals surface area (Å²) < 4.78 is 46.0. The van der Waals surface area contributed by atoms with Crippen LogP contribution in [0, 0.1) is 0 Å². The lowest BCUT2D eigenvalue weighted by Crippen LogP contribution is -2.17. The number of halogens is 3. The molecular weight excluding hydrogens is 313 g/mol. The van der Waals surface area contributed by atoms with E-state index in [-0.39, 0.29) is 5.75 Å². The number of anilines is 1. The summed E-state index contributed by atoms with van der Waals surface area (Å²) in [4.78, 5) is 8.22. The number of hydrogen-bond donors (Lipinski definition) is 2. The first kappa shape index (κ1) is 17.0. The summed E-state index contributed by atoms with van der Waals surface area (Å²) >= 11 is 0. The van der Waals surface area contributed by atoms with Crippen molar-refractivity contribution >= 4 is 5.82 Å². The molecule has 0 unspecified atom stereocenters. The smallest absolute Gasteiger partial charge is 0.406 e. The number of nitrogen functional groups attached to an aromatic ring is 1. The summed E-state index contributed by atoms with van der Waals surface area (Å²) in [5, 5.41) is 0. The quantitative estimate of drug-likeness (QED) is 0.626. The third-order valence-electron chi connectivity index (χ3n) is 2.96. The molecule has 0 atom stereocenters. The van der Waals surface area contributed by atoms with Crippen molar-refractivity contribution in [3.8, 4) is 17.0 Å². The zero-order chi connectivity index (χ0) is 16.9. The minimum absolute atomic E-state index is 0.291. The van der Waals surface area contributed by atoms with E-state index >= 15 is 0 Å². The number of aromatic nitrogens is 2. The molecule has 2 aromatic rings. The van der Waals surface area contributed by atoms with Crippen molar-refractivity contribution in [2.75, 3.05) is 19.1 Å². The number of methoxy groups -OCH3 is 1. The first-order chi connectivity index (χ1) is 10.9. The van der Waals surface area contributed by atoms with Gasteiger partial charge in [0.25, 0.3) is 0 Å². The molecule has 23 heavy (non-hydrogen) atoms. The minimum Gasteiger partial charge on any atom is -0.406 e. The molecule has 3 N–H and O–H groups in total. The van der Waals surface area contributed by atoms with Gasteiger partial charge in [0.15, 0.2) is 5.82 Å². The van der Waals surface area contributed by atoms with Crippen LogP contribution >= 0.6 is 0 Å². The van der Waals surface area contributed by atoms with Crippen molar-refractivity contribution in [2.45, 2.75) is 12.8 Å². The van der Waals surface area contributed by atoms with Crippen LogP contribution in [0.1, 0.15) is 5.56 Å². The lowest BCUT2D eigenvalue weighted by molar-refractivity contribution is -0.274. The molecule has 0 saturated carbocycles. The van der Waals surface area contributed by atoms with Crippen LogP contribution in [0.2, 0.25) is 0 Å². The van der Waals surface area contributed by atoms with Gasteiger partial charge in [0.1, 0.15) is 5.75 Å². The molecule has 1 aromatic heterocycles. The molecule has 0 radical (unpaired) electrons. The molecule has 1 aromatic carbocycles. The number of hydrazine groups is 1.